The molecule has 0 atom stereocenters. The fourth-order valence-corrected chi connectivity index (χ4v) is 9.00. The molecule has 0 bridgehead atoms. The number of ether oxygens (including phenoxy) is 1. The van der Waals surface area contributed by atoms with E-state index in [4.69, 9.17) is 11.3 Å². The van der Waals surface area contributed by atoms with Gasteiger partial charge in [0.2, 0.25) is 0 Å². The second-order valence-electron chi connectivity index (χ2n) is 13.4. The summed E-state index contributed by atoms with van der Waals surface area (Å²) in [6.07, 6.45) is 36.6. The first-order valence-corrected chi connectivity index (χ1v) is 17.6. The van der Waals surface area contributed by atoms with Crippen LogP contribution >= 0.6 is 0 Å². The van der Waals surface area contributed by atoms with Gasteiger partial charge in [0.15, 0.2) is 0 Å². The van der Waals surface area contributed by atoms with Crippen LogP contribution < -0.4 is 0 Å². The first kappa shape index (κ1) is 31.7. The molecule has 0 aromatic heterocycles. The van der Waals surface area contributed by atoms with Gasteiger partial charge in [0.1, 0.15) is 0 Å². The quantitative estimate of drug-likeness (QED) is 0.253. The highest BCUT2D eigenvalue weighted by Gasteiger charge is 2.53. The maximum atomic E-state index is 13.8. The van der Waals surface area contributed by atoms with Crippen molar-refractivity contribution in [3.63, 3.8) is 0 Å². The van der Waals surface area contributed by atoms with Gasteiger partial charge in [0, 0.05) is 11.0 Å². The van der Waals surface area contributed by atoms with Crippen molar-refractivity contribution < 1.29 is 9.53 Å². The van der Waals surface area contributed by atoms with E-state index >= 15 is 0 Å². The van der Waals surface area contributed by atoms with Gasteiger partial charge in [0.25, 0.3) is 0 Å². The summed E-state index contributed by atoms with van der Waals surface area (Å²) >= 11 is 0. The van der Waals surface area contributed by atoms with Gasteiger partial charge in [-0.15, -0.1) is 0 Å². The van der Waals surface area contributed by atoms with Crippen molar-refractivity contribution in [3.05, 3.63) is 12.2 Å². The molecule has 0 amide bonds. The van der Waals surface area contributed by atoms with Crippen LogP contribution in [0.1, 0.15) is 180 Å². The number of esters is 1. The van der Waals surface area contributed by atoms with Crippen molar-refractivity contribution in [2.75, 3.05) is 6.61 Å². The molecule has 0 heterocycles. The highest BCUT2D eigenvalue weighted by atomic mass is 16.5. The molecule has 3 saturated carbocycles. The molecule has 3 fully saturated rings. The van der Waals surface area contributed by atoms with Gasteiger partial charge in [-0.1, -0.05) is 141 Å². The van der Waals surface area contributed by atoms with Gasteiger partial charge in [0.05, 0.1) is 6.61 Å². The van der Waals surface area contributed by atoms with Gasteiger partial charge in [-0.05, 0) is 63.2 Å². The highest BCUT2D eigenvalue weighted by Crippen LogP contribution is 2.58. The van der Waals surface area contributed by atoms with Gasteiger partial charge in [-0.25, -0.2) is 4.79 Å². The van der Waals surface area contributed by atoms with Crippen LogP contribution in [-0.4, -0.2) is 12.6 Å². The lowest BCUT2D eigenvalue weighted by Crippen LogP contribution is -2.48. The number of hydrogen-bond donors (Lipinski definition) is 0. The van der Waals surface area contributed by atoms with Gasteiger partial charge in [-0.3, -0.25) is 0 Å². The summed E-state index contributed by atoms with van der Waals surface area (Å²) in [6, 6.07) is 0. The van der Waals surface area contributed by atoms with Crippen molar-refractivity contribution in [1.29, 1.82) is 0 Å². The molecule has 0 unspecified atom stereocenters. The molecule has 3 aliphatic carbocycles. The number of rotatable bonds is 6. The molecule has 0 radical (unpaired) electrons. The smallest absolute Gasteiger partial charge is 0.333 e. The Kier molecular flexibility index (Phi) is 15.5. The average Bonchev–Trinajstić information content (AvgIpc) is 2.94. The molecule has 3 aliphatic rings. The zero-order valence-corrected chi connectivity index (χ0v) is 25.6. The number of carbonyl (C=O) groups is 1. The molecule has 0 aromatic carbocycles. The van der Waals surface area contributed by atoms with Gasteiger partial charge >= 0.3 is 5.97 Å². The standard InChI is InChI=1S/C36H64O2/c1-3-38-35(37)31(2)36(32-25-19-13-7-4-8-14-20-26-32,33-27-21-15-9-5-10-16-22-28-33)34-29-23-17-11-6-12-18-24-30-34/h32-34H,2-30H2,1H3. The monoisotopic (exact) mass is 528 g/mol. The minimum Gasteiger partial charge on any atom is -0.463 e. The van der Waals surface area contributed by atoms with E-state index in [2.05, 4.69) is 0 Å². The maximum absolute atomic E-state index is 13.8. The van der Waals surface area contributed by atoms with Crippen LogP contribution in [0.2, 0.25) is 0 Å². The van der Waals surface area contributed by atoms with E-state index in [9.17, 15) is 4.79 Å². The Hall–Kier alpha value is -0.790. The molecule has 3 rings (SSSR count). The first-order valence-electron chi connectivity index (χ1n) is 17.6. The molecule has 0 N–H and O–H groups in total. The normalized spacial score (nSPS) is 24.2. The van der Waals surface area contributed by atoms with Crippen LogP contribution in [0.25, 0.3) is 0 Å². The van der Waals surface area contributed by atoms with Crippen molar-refractivity contribution >= 4 is 5.97 Å². The number of hydrogen-bond acceptors (Lipinski definition) is 2. The minimum atomic E-state index is -0.0656. The third kappa shape index (κ3) is 9.40. The van der Waals surface area contributed by atoms with E-state index in [0.29, 0.717) is 24.4 Å². The third-order valence-corrected chi connectivity index (χ3v) is 10.9. The highest BCUT2D eigenvalue weighted by molar-refractivity contribution is 5.89. The van der Waals surface area contributed by atoms with Crippen LogP contribution in [0, 0.1) is 23.2 Å². The summed E-state index contributed by atoms with van der Waals surface area (Å²) in [5.41, 5.74) is 0.842. The van der Waals surface area contributed by atoms with Crippen LogP contribution in [0.3, 0.4) is 0 Å². The summed E-state index contributed by atoms with van der Waals surface area (Å²) in [4.78, 5) is 13.8. The Morgan fingerprint density at radius 2 is 0.763 bits per heavy atom. The predicted octanol–water partition coefficient (Wildman–Crippen LogP) is 11.5. The van der Waals surface area contributed by atoms with E-state index < -0.39 is 0 Å². The van der Waals surface area contributed by atoms with Crippen LogP contribution in [0.15, 0.2) is 12.2 Å². The first-order chi connectivity index (χ1) is 18.7. The fourth-order valence-electron chi connectivity index (χ4n) is 9.00. The summed E-state index contributed by atoms with van der Waals surface area (Å²) in [6.45, 7) is 7.23. The zero-order chi connectivity index (χ0) is 26.9. The Bertz CT molecular complexity index is 557. The largest absolute Gasteiger partial charge is 0.463 e. The zero-order valence-electron chi connectivity index (χ0n) is 25.6. The van der Waals surface area contributed by atoms with E-state index in [0.717, 1.165) is 5.57 Å². The lowest BCUT2D eigenvalue weighted by molar-refractivity contribution is -0.143. The molecule has 0 spiro atoms. The van der Waals surface area contributed by atoms with Gasteiger partial charge < -0.3 is 4.74 Å². The van der Waals surface area contributed by atoms with Gasteiger partial charge in [-0.2, -0.15) is 0 Å². The van der Waals surface area contributed by atoms with Crippen LogP contribution in [-0.2, 0) is 9.53 Å². The third-order valence-electron chi connectivity index (χ3n) is 10.9. The van der Waals surface area contributed by atoms with Crippen molar-refractivity contribution in [2.24, 2.45) is 23.2 Å². The van der Waals surface area contributed by atoms with Crippen molar-refractivity contribution in [3.8, 4) is 0 Å². The topological polar surface area (TPSA) is 26.3 Å². The summed E-state index contributed by atoms with van der Waals surface area (Å²) in [7, 11) is 0. The Labute approximate surface area is 237 Å². The molecule has 2 heteroatoms. The van der Waals surface area contributed by atoms with E-state index in [-0.39, 0.29) is 11.4 Å². The fraction of sp³-hybridized carbons (Fsp3) is 0.917. The molecule has 0 aliphatic heterocycles. The molecule has 0 saturated heterocycles. The lowest BCUT2D eigenvalue weighted by Gasteiger charge is -2.53. The van der Waals surface area contributed by atoms with E-state index in [1.54, 1.807) is 0 Å². The summed E-state index contributed by atoms with van der Waals surface area (Å²) in [5.74, 6) is 1.73. The Morgan fingerprint density at radius 1 is 0.526 bits per heavy atom. The molecule has 220 valence electrons. The number of carbonyl (C=O) groups excluding carboxylic acids is 1. The Balaban J connectivity index is 2.09. The second-order valence-corrected chi connectivity index (χ2v) is 13.4. The average molecular weight is 529 g/mol. The van der Waals surface area contributed by atoms with Crippen molar-refractivity contribution in [1.82, 2.24) is 0 Å². The van der Waals surface area contributed by atoms with E-state index in [1.807, 2.05) is 6.92 Å². The maximum Gasteiger partial charge on any atom is 0.333 e. The molecule has 38 heavy (non-hydrogen) atoms. The predicted molar refractivity (Wildman–Crippen MR) is 163 cm³/mol. The second kappa shape index (κ2) is 18.5. The Morgan fingerprint density at radius 3 is 1.00 bits per heavy atom. The van der Waals surface area contributed by atoms with Crippen LogP contribution in [0.5, 0.6) is 0 Å². The SMILES string of the molecule is C=C(C(=O)OCC)C(C1CCCCCCCCC1)(C1CCCCCCCCC1)C1CCCCCCCCC1. The molecular weight excluding hydrogens is 464 g/mol. The lowest BCUT2D eigenvalue weighted by atomic mass is 9.50. The molecule has 0 aromatic rings. The van der Waals surface area contributed by atoms with Crippen LogP contribution in [0.4, 0.5) is 0 Å². The summed E-state index contributed by atoms with van der Waals surface area (Å²) < 4.78 is 5.85. The molecule has 2 nitrogen and oxygen atoms in total. The van der Waals surface area contributed by atoms with E-state index in [1.165, 1.54) is 173 Å². The molecular formula is C36H64O2. The minimum absolute atomic E-state index is 0.0567. The summed E-state index contributed by atoms with van der Waals surface area (Å²) in [5, 5.41) is 0. The van der Waals surface area contributed by atoms with Crippen molar-refractivity contribution in [2.45, 2.75) is 180 Å².